The first-order chi connectivity index (χ1) is 21.7. The normalized spacial score (nSPS) is 21.3. The molecule has 0 bridgehead atoms. The highest BCUT2D eigenvalue weighted by Crippen LogP contribution is 2.48. The summed E-state index contributed by atoms with van der Waals surface area (Å²) in [5.74, 6) is -1.01. The van der Waals surface area contributed by atoms with Crippen molar-refractivity contribution in [2.45, 2.75) is 87.3 Å². The Balaban J connectivity index is 1.70. The number of nitrogens with zero attached hydrogens (tertiary/aromatic N) is 1. The highest BCUT2D eigenvalue weighted by atomic mass is 32.2. The molecule has 12 nitrogen and oxygen atoms in total. The van der Waals surface area contributed by atoms with Gasteiger partial charge in [-0.25, -0.2) is 8.42 Å². The number of hydrogen-bond donors (Lipinski definition) is 8. The largest absolute Gasteiger partial charge is 0.394 e. The van der Waals surface area contributed by atoms with Crippen LogP contribution in [0.4, 0.5) is 11.4 Å². The van der Waals surface area contributed by atoms with Crippen molar-refractivity contribution in [3.8, 4) is 0 Å². The molecule has 3 rings (SSSR count). The van der Waals surface area contributed by atoms with Gasteiger partial charge in [-0.2, -0.15) is 0 Å². The van der Waals surface area contributed by atoms with Crippen LogP contribution in [-0.4, -0.2) is 115 Å². The maximum Gasteiger partial charge on any atom is 0.224 e. The highest BCUT2D eigenvalue weighted by Gasteiger charge is 2.48. The smallest absolute Gasteiger partial charge is 0.224 e. The first kappa shape index (κ1) is 37.8. The zero-order valence-electron chi connectivity index (χ0n) is 27.1. The SMILES string of the molecule is CCC1(CC)CS(=O)(=O)c2ccc(N(C)C)cc2C(c2cccc(NC(=O)CCCCNCC(O)C(O)C(O)C(O)CO)c2)C1O. The van der Waals surface area contributed by atoms with Gasteiger partial charge in [-0.3, -0.25) is 4.79 Å². The van der Waals surface area contributed by atoms with Gasteiger partial charge in [0.1, 0.15) is 18.3 Å². The van der Waals surface area contributed by atoms with Crippen molar-refractivity contribution in [1.82, 2.24) is 5.32 Å². The number of unbranched alkanes of at least 4 members (excludes halogenated alkanes) is 1. The molecular formula is C33H51N3O9S. The minimum Gasteiger partial charge on any atom is -0.394 e. The molecule has 8 N–H and O–H groups in total. The van der Waals surface area contributed by atoms with E-state index in [0.29, 0.717) is 49.0 Å². The number of fused-ring (bicyclic) bond motifs is 1. The van der Waals surface area contributed by atoms with Gasteiger partial charge in [0.15, 0.2) is 9.84 Å². The van der Waals surface area contributed by atoms with E-state index in [1.165, 1.54) is 0 Å². The number of aliphatic hydroxyl groups excluding tert-OH is 6. The van der Waals surface area contributed by atoms with Gasteiger partial charge in [0.05, 0.1) is 29.5 Å². The maximum atomic E-state index is 13.7. The van der Waals surface area contributed by atoms with E-state index in [-0.39, 0.29) is 29.5 Å². The number of carbonyl (C=O) groups excluding carboxylic acids is 1. The summed E-state index contributed by atoms with van der Waals surface area (Å²) in [7, 11) is 0.0476. The van der Waals surface area contributed by atoms with Crippen LogP contribution in [0, 0.1) is 5.41 Å². The third kappa shape index (κ3) is 8.84. The van der Waals surface area contributed by atoms with Crippen LogP contribution in [0.3, 0.4) is 0 Å². The third-order valence-corrected chi connectivity index (χ3v) is 11.2. The quantitative estimate of drug-likeness (QED) is 0.119. The van der Waals surface area contributed by atoms with Crippen molar-refractivity contribution in [3.63, 3.8) is 0 Å². The number of aliphatic hydroxyl groups is 6. The summed E-state index contributed by atoms with van der Waals surface area (Å²) in [5, 5.41) is 65.7. The second-order valence-electron chi connectivity index (χ2n) is 12.5. The Morgan fingerprint density at radius 3 is 2.30 bits per heavy atom. The Kier molecular flexibility index (Phi) is 13.5. The minimum atomic E-state index is -3.70. The molecule has 1 amide bonds. The van der Waals surface area contributed by atoms with Crippen LogP contribution in [0.5, 0.6) is 0 Å². The van der Waals surface area contributed by atoms with Crippen LogP contribution in [0.15, 0.2) is 47.4 Å². The molecule has 0 fully saturated rings. The molecule has 2 aromatic rings. The monoisotopic (exact) mass is 665 g/mol. The fourth-order valence-electron chi connectivity index (χ4n) is 6.14. The second-order valence-corrected chi connectivity index (χ2v) is 14.5. The number of amides is 1. The molecule has 1 heterocycles. The van der Waals surface area contributed by atoms with Gasteiger partial charge in [-0.05, 0) is 73.7 Å². The number of anilines is 2. The number of carbonyl (C=O) groups is 1. The van der Waals surface area contributed by atoms with Gasteiger partial charge in [-0.1, -0.05) is 26.0 Å². The van der Waals surface area contributed by atoms with Crippen LogP contribution >= 0.6 is 0 Å². The molecule has 258 valence electrons. The maximum absolute atomic E-state index is 13.7. The highest BCUT2D eigenvalue weighted by molar-refractivity contribution is 7.91. The van der Waals surface area contributed by atoms with Gasteiger partial charge in [0.2, 0.25) is 5.91 Å². The number of benzene rings is 2. The lowest BCUT2D eigenvalue weighted by Gasteiger charge is -2.38. The zero-order valence-corrected chi connectivity index (χ0v) is 27.9. The average Bonchev–Trinajstić information content (AvgIpc) is 3.11. The number of sulfone groups is 1. The lowest BCUT2D eigenvalue weighted by atomic mass is 9.70. The number of hydrogen-bond acceptors (Lipinski definition) is 11. The first-order valence-corrected chi connectivity index (χ1v) is 17.5. The molecule has 46 heavy (non-hydrogen) atoms. The Bertz CT molecular complexity index is 1400. The van der Waals surface area contributed by atoms with E-state index in [1.807, 2.05) is 45.0 Å². The number of nitrogens with one attached hydrogen (secondary N) is 2. The Hall–Kier alpha value is -2.62. The molecular weight excluding hydrogens is 614 g/mol. The topological polar surface area (TPSA) is 200 Å². The van der Waals surface area contributed by atoms with Crippen molar-refractivity contribution < 1.29 is 43.9 Å². The summed E-state index contributed by atoms with van der Waals surface area (Å²) < 4.78 is 27.4. The summed E-state index contributed by atoms with van der Waals surface area (Å²) in [6.45, 7) is 3.45. The van der Waals surface area contributed by atoms with Gasteiger partial charge in [-0.15, -0.1) is 0 Å². The Morgan fingerprint density at radius 2 is 1.67 bits per heavy atom. The molecule has 0 aromatic heterocycles. The molecule has 0 aliphatic carbocycles. The fourth-order valence-corrected chi connectivity index (χ4v) is 8.45. The molecule has 0 saturated carbocycles. The summed E-state index contributed by atoms with van der Waals surface area (Å²) in [6, 6.07) is 12.4. The summed E-state index contributed by atoms with van der Waals surface area (Å²) >= 11 is 0. The molecule has 0 spiro atoms. The first-order valence-electron chi connectivity index (χ1n) is 15.9. The Labute approximate surface area is 272 Å². The van der Waals surface area contributed by atoms with Crippen molar-refractivity contribution in [3.05, 3.63) is 53.6 Å². The van der Waals surface area contributed by atoms with Crippen LogP contribution in [0.2, 0.25) is 0 Å². The van der Waals surface area contributed by atoms with E-state index in [2.05, 4.69) is 10.6 Å². The van der Waals surface area contributed by atoms with Gasteiger partial charge in [0, 0.05) is 49.8 Å². The lowest BCUT2D eigenvalue weighted by molar-refractivity contribution is -0.116. The number of rotatable bonds is 16. The second kappa shape index (κ2) is 16.5. The molecule has 2 aromatic carbocycles. The van der Waals surface area contributed by atoms with Crippen molar-refractivity contribution in [1.29, 1.82) is 0 Å². The molecule has 0 radical (unpaired) electrons. The van der Waals surface area contributed by atoms with Crippen molar-refractivity contribution in [2.24, 2.45) is 5.41 Å². The summed E-state index contributed by atoms with van der Waals surface area (Å²) in [4.78, 5) is 14.9. The molecule has 6 unspecified atom stereocenters. The molecule has 13 heteroatoms. The van der Waals surface area contributed by atoms with Crippen LogP contribution in [-0.2, 0) is 14.6 Å². The minimum absolute atomic E-state index is 0.0554. The predicted molar refractivity (Wildman–Crippen MR) is 177 cm³/mol. The van der Waals surface area contributed by atoms with E-state index in [0.717, 1.165) is 5.69 Å². The Morgan fingerprint density at radius 1 is 1.00 bits per heavy atom. The predicted octanol–water partition coefficient (Wildman–Crippen LogP) is 0.973. The fraction of sp³-hybridized carbons (Fsp3) is 0.606. The van der Waals surface area contributed by atoms with Gasteiger partial charge < -0.3 is 46.2 Å². The van der Waals surface area contributed by atoms with Crippen molar-refractivity contribution in [2.75, 3.05) is 49.8 Å². The van der Waals surface area contributed by atoms with E-state index in [4.69, 9.17) is 5.11 Å². The lowest BCUT2D eigenvalue weighted by Crippen LogP contribution is -2.49. The molecule has 6 atom stereocenters. The van der Waals surface area contributed by atoms with Crippen LogP contribution in [0.25, 0.3) is 0 Å². The van der Waals surface area contributed by atoms with E-state index >= 15 is 0 Å². The van der Waals surface area contributed by atoms with Crippen LogP contribution < -0.4 is 15.5 Å². The molecule has 1 aliphatic heterocycles. The average molecular weight is 666 g/mol. The summed E-state index contributed by atoms with van der Waals surface area (Å²) in [6.07, 6.45) is -4.95. The van der Waals surface area contributed by atoms with E-state index in [1.54, 1.807) is 30.3 Å². The third-order valence-electron chi connectivity index (χ3n) is 9.22. The zero-order chi connectivity index (χ0) is 34.2. The van der Waals surface area contributed by atoms with E-state index < -0.39 is 58.3 Å². The molecule has 1 aliphatic rings. The van der Waals surface area contributed by atoms with E-state index in [9.17, 15) is 38.7 Å². The molecule has 0 saturated heterocycles. The van der Waals surface area contributed by atoms with Gasteiger partial charge in [0.25, 0.3) is 0 Å². The van der Waals surface area contributed by atoms with Gasteiger partial charge >= 0.3 is 0 Å². The van der Waals surface area contributed by atoms with Crippen molar-refractivity contribution >= 4 is 27.1 Å². The summed E-state index contributed by atoms with van der Waals surface area (Å²) in [5.41, 5.74) is 1.73. The standard InChI is InChI=1S/C33H51N3O9S/c1-5-33(6-2)20-46(44,45)27-14-13-23(36(3)4)17-24(27)29(32(33)43)21-10-9-11-22(16-21)35-28(40)12-7-8-15-34-18-25(38)30(41)31(42)26(39)19-37/h9-11,13-14,16-17,25-26,29-32,34,37-39,41-43H,5-8,12,15,18-20H2,1-4H3,(H,35,40). The van der Waals surface area contributed by atoms with Crippen LogP contribution in [0.1, 0.15) is 63.0 Å².